The molecule has 1 aromatic carbocycles. The maximum atomic E-state index is 13.9. The highest BCUT2D eigenvalue weighted by Gasteiger charge is 2.45. The number of epoxide rings is 1. The molecule has 9 heteroatoms. The molecule has 0 unspecified atom stereocenters. The van der Waals surface area contributed by atoms with E-state index in [1.165, 1.54) is 0 Å². The van der Waals surface area contributed by atoms with Crippen molar-refractivity contribution in [1.29, 1.82) is 0 Å². The largest absolute Gasteiger partial charge is 0.497 e. The molecule has 0 bridgehead atoms. The zero-order valence-electron chi connectivity index (χ0n) is 26.5. The van der Waals surface area contributed by atoms with Crippen LogP contribution >= 0.6 is 11.3 Å². The number of esters is 1. The molecule has 1 N–H and O–H groups in total. The molecule has 3 heterocycles. The van der Waals surface area contributed by atoms with Crippen LogP contribution in [-0.4, -0.2) is 59.5 Å². The van der Waals surface area contributed by atoms with Crippen molar-refractivity contribution < 1.29 is 33.6 Å². The van der Waals surface area contributed by atoms with Gasteiger partial charge in [-0.05, 0) is 62.0 Å². The SMILES string of the molecule is COc1ccc(CO[C@H]2CC(=O)O[C@H](/C(C)=C/c3csc(C)n3)C[C@@H]3O[C@@H]3CCC[C@H](C)[C@H](O)[C@@H](C)C(=O)C2(C)C)cc1. The molecule has 0 saturated carbocycles. The summed E-state index contributed by atoms with van der Waals surface area (Å²) in [4.78, 5) is 32.1. The third kappa shape index (κ3) is 8.75. The first-order valence-corrected chi connectivity index (χ1v) is 16.2. The summed E-state index contributed by atoms with van der Waals surface area (Å²) >= 11 is 1.57. The van der Waals surface area contributed by atoms with E-state index < -0.39 is 35.6 Å². The van der Waals surface area contributed by atoms with Crippen LogP contribution in [-0.2, 0) is 30.4 Å². The van der Waals surface area contributed by atoms with Crippen molar-refractivity contribution >= 4 is 29.2 Å². The van der Waals surface area contributed by atoms with Crippen molar-refractivity contribution in [1.82, 2.24) is 4.98 Å². The van der Waals surface area contributed by atoms with Gasteiger partial charge in [-0.1, -0.05) is 46.2 Å². The van der Waals surface area contributed by atoms with Crippen molar-refractivity contribution in [3.63, 3.8) is 0 Å². The van der Waals surface area contributed by atoms with E-state index in [9.17, 15) is 14.7 Å². The minimum Gasteiger partial charge on any atom is -0.497 e. The average molecular weight is 614 g/mol. The molecule has 7 atom stereocenters. The van der Waals surface area contributed by atoms with Crippen LogP contribution in [0.1, 0.15) is 83.0 Å². The summed E-state index contributed by atoms with van der Waals surface area (Å²) < 4.78 is 23.7. The van der Waals surface area contributed by atoms with Crippen LogP contribution in [0.4, 0.5) is 0 Å². The molecular formula is C34H47NO7S. The molecule has 0 spiro atoms. The number of hydrogen-bond donors (Lipinski definition) is 1. The second-order valence-electron chi connectivity index (χ2n) is 12.7. The molecule has 0 aliphatic carbocycles. The van der Waals surface area contributed by atoms with E-state index in [1.54, 1.807) is 39.2 Å². The maximum Gasteiger partial charge on any atom is 0.309 e. The Morgan fingerprint density at radius 1 is 1.16 bits per heavy atom. The van der Waals surface area contributed by atoms with E-state index in [1.807, 2.05) is 56.5 Å². The number of rotatable bonds is 6. The number of aromatic nitrogens is 1. The van der Waals surface area contributed by atoms with E-state index >= 15 is 0 Å². The summed E-state index contributed by atoms with van der Waals surface area (Å²) in [5.41, 5.74) is 1.56. The van der Waals surface area contributed by atoms with Crippen molar-refractivity contribution in [2.45, 2.75) is 111 Å². The van der Waals surface area contributed by atoms with Crippen LogP contribution in [0.2, 0.25) is 0 Å². The summed E-state index contributed by atoms with van der Waals surface area (Å²) in [6, 6.07) is 7.48. The van der Waals surface area contributed by atoms with Crippen molar-refractivity contribution in [3.8, 4) is 5.75 Å². The normalized spacial score (nSPS) is 30.8. The molecule has 2 fully saturated rings. The molecular weight excluding hydrogens is 566 g/mol. The number of ketones is 1. The van der Waals surface area contributed by atoms with Gasteiger partial charge in [0.1, 0.15) is 17.6 Å². The first-order chi connectivity index (χ1) is 20.4. The molecule has 0 amide bonds. The fraction of sp³-hybridized carbons (Fsp3) is 0.618. The van der Waals surface area contributed by atoms with Crippen LogP contribution in [0.25, 0.3) is 6.08 Å². The van der Waals surface area contributed by atoms with Gasteiger partial charge < -0.3 is 24.1 Å². The van der Waals surface area contributed by atoms with E-state index in [4.69, 9.17) is 18.9 Å². The number of aliphatic hydroxyl groups is 1. The number of nitrogens with zero attached hydrogens (tertiary/aromatic N) is 1. The Morgan fingerprint density at radius 2 is 1.88 bits per heavy atom. The van der Waals surface area contributed by atoms with E-state index in [0.717, 1.165) is 46.9 Å². The number of methoxy groups -OCH3 is 1. The first kappa shape index (κ1) is 33.3. The summed E-state index contributed by atoms with van der Waals surface area (Å²) in [7, 11) is 1.61. The number of aliphatic hydroxyl groups excluding tert-OH is 1. The number of fused-ring (bicyclic) bond motifs is 1. The van der Waals surface area contributed by atoms with Crippen molar-refractivity contribution in [2.24, 2.45) is 17.3 Å². The van der Waals surface area contributed by atoms with Gasteiger partial charge in [-0.25, -0.2) is 4.98 Å². The first-order valence-electron chi connectivity index (χ1n) is 15.3. The zero-order chi connectivity index (χ0) is 31.3. The van der Waals surface area contributed by atoms with Gasteiger partial charge in [-0.2, -0.15) is 0 Å². The number of ether oxygens (including phenoxy) is 4. The Bertz CT molecular complexity index is 1270. The standard InChI is InChI=1S/C34H47NO7S/c1-20-9-8-10-27-29(41-27)16-28(21(2)15-25-19-43-23(4)35-25)42-31(36)17-30(34(5,6)33(38)22(3)32(20)37)40-18-24-11-13-26(39-7)14-12-24/h11-15,19-20,22,27-30,32,37H,8-10,16-18H2,1-7H3/b21-15+/t20-,22+,27+,28-,29-,30-,32-/m0/s1. The molecule has 2 aliphatic rings. The van der Waals surface area contributed by atoms with Crippen LogP contribution in [0, 0.1) is 24.2 Å². The van der Waals surface area contributed by atoms with Gasteiger partial charge in [0.2, 0.25) is 0 Å². The number of cyclic esters (lactones) is 1. The minimum atomic E-state index is -1.06. The zero-order valence-corrected chi connectivity index (χ0v) is 27.3. The molecule has 8 nitrogen and oxygen atoms in total. The fourth-order valence-electron chi connectivity index (χ4n) is 5.96. The number of Topliss-reactive ketones (excluding diaryl/α,β-unsaturated/α-hetero) is 1. The second-order valence-corrected chi connectivity index (χ2v) is 13.8. The topological polar surface area (TPSA) is 107 Å². The quantitative estimate of drug-likeness (QED) is 0.298. The van der Waals surface area contributed by atoms with Gasteiger partial charge in [-0.3, -0.25) is 9.59 Å². The van der Waals surface area contributed by atoms with Gasteiger partial charge >= 0.3 is 5.97 Å². The molecule has 0 radical (unpaired) electrons. The number of thiazole rings is 1. The highest BCUT2D eigenvalue weighted by molar-refractivity contribution is 7.09. The highest BCUT2D eigenvalue weighted by Crippen LogP contribution is 2.37. The van der Waals surface area contributed by atoms with Gasteiger partial charge in [0.25, 0.3) is 0 Å². The lowest BCUT2D eigenvalue weighted by Gasteiger charge is -2.37. The molecule has 43 heavy (non-hydrogen) atoms. The van der Waals surface area contributed by atoms with Crippen LogP contribution in [0.5, 0.6) is 5.75 Å². The van der Waals surface area contributed by atoms with Crippen LogP contribution in [0.15, 0.2) is 35.2 Å². The number of hydrogen-bond acceptors (Lipinski definition) is 9. The fourth-order valence-corrected chi connectivity index (χ4v) is 6.53. The molecule has 2 aromatic rings. The van der Waals surface area contributed by atoms with Crippen molar-refractivity contribution in [2.75, 3.05) is 7.11 Å². The smallest absolute Gasteiger partial charge is 0.309 e. The highest BCUT2D eigenvalue weighted by atomic mass is 32.1. The van der Waals surface area contributed by atoms with Crippen LogP contribution < -0.4 is 4.74 Å². The Morgan fingerprint density at radius 3 is 2.53 bits per heavy atom. The number of carbonyl (C=O) groups is 2. The predicted molar refractivity (Wildman–Crippen MR) is 167 cm³/mol. The van der Waals surface area contributed by atoms with Crippen LogP contribution in [0.3, 0.4) is 0 Å². The molecule has 236 valence electrons. The number of benzene rings is 1. The van der Waals surface area contributed by atoms with E-state index in [2.05, 4.69) is 4.98 Å². The van der Waals surface area contributed by atoms with E-state index in [-0.39, 0.29) is 36.9 Å². The third-order valence-corrected chi connectivity index (χ3v) is 9.78. The predicted octanol–water partition coefficient (Wildman–Crippen LogP) is 6.32. The molecule has 2 aliphatic heterocycles. The second kappa shape index (κ2) is 14.5. The maximum absolute atomic E-state index is 13.9. The molecule has 1 aromatic heterocycles. The summed E-state index contributed by atoms with van der Waals surface area (Å²) in [5, 5.41) is 14.1. The Labute approximate surface area is 259 Å². The van der Waals surface area contributed by atoms with Gasteiger partial charge in [0, 0.05) is 17.7 Å². The summed E-state index contributed by atoms with van der Waals surface area (Å²) in [6.07, 6.45) is 3.00. The minimum absolute atomic E-state index is 0.00511. The monoisotopic (exact) mass is 613 g/mol. The third-order valence-electron chi connectivity index (χ3n) is 8.99. The summed E-state index contributed by atoms with van der Waals surface area (Å²) in [5.74, 6) is -0.524. The lowest BCUT2D eigenvalue weighted by molar-refractivity contribution is -0.158. The average Bonchev–Trinajstić information content (AvgIpc) is 3.59. The summed E-state index contributed by atoms with van der Waals surface area (Å²) in [6.45, 7) is 11.5. The number of aryl methyl sites for hydroxylation is 1. The van der Waals surface area contributed by atoms with Crippen molar-refractivity contribution in [3.05, 3.63) is 51.5 Å². The van der Waals surface area contributed by atoms with E-state index in [0.29, 0.717) is 6.42 Å². The van der Waals surface area contributed by atoms with Gasteiger partial charge in [0.05, 0.1) is 60.7 Å². The number of carbonyl (C=O) groups excluding carboxylic acids is 2. The Balaban J connectivity index is 1.60. The lowest BCUT2D eigenvalue weighted by atomic mass is 9.72. The molecule has 4 rings (SSSR count). The lowest BCUT2D eigenvalue weighted by Crippen LogP contribution is -2.46. The molecule has 2 saturated heterocycles. The Kier molecular flexibility index (Phi) is 11.2. The van der Waals surface area contributed by atoms with Gasteiger partial charge in [-0.15, -0.1) is 11.3 Å². The van der Waals surface area contributed by atoms with Gasteiger partial charge in [0.15, 0.2) is 0 Å². The Hall–Kier alpha value is -2.59.